The molecule has 0 spiro atoms. The number of benzene rings is 1. The van der Waals surface area contributed by atoms with E-state index < -0.39 is 22.5 Å². The zero-order chi connectivity index (χ0) is 16.7. The van der Waals surface area contributed by atoms with Crippen LogP contribution in [0.1, 0.15) is 10.6 Å². The van der Waals surface area contributed by atoms with Crippen LogP contribution < -0.4 is 10.1 Å². The van der Waals surface area contributed by atoms with Crippen LogP contribution in [0.25, 0.3) is 0 Å². The number of carbonyl (C=O) groups excluding carboxylic acids is 1. The number of nitrogens with zero attached hydrogens (tertiary/aromatic N) is 1. The average molecular weight is 318 g/mol. The molecule has 0 atom stereocenters. The highest BCUT2D eigenvalue weighted by Crippen LogP contribution is 2.15. The molecule has 7 nitrogen and oxygen atoms in total. The van der Waals surface area contributed by atoms with Gasteiger partial charge in [-0.15, -0.1) is 0 Å². The van der Waals surface area contributed by atoms with E-state index in [9.17, 15) is 19.3 Å². The van der Waals surface area contributed by atoms with E-state index in [1.165, 1.54) is 18.2 Å². The molecule has 0 saturated carbocycles. The first-order chi connectivity index (χ1) is 11.1. The Labute approximate surface area is 130 Å². The Hall–Kier alpha value is -3.34. The Balaban J connectivity index is 1.75. The maximum atomic E-state index is 13.2. The van der Waals surface area contributed by atoms with Crippen molar-refractivity contribution in [3.8, 4) is 17.6 Å². The summed E-state index contributed by atoms with van der Waals surface area (Å²) in [7, 11) is 0. The SMILES string of the molecule is O=C(NCC#CCOc1ccccc1F)c1ccc([N+](=O)[O-])o1. The number of para-hydroxylation sites is 1. The van der Waals surface area contributed by atoms with Gasteiger partial charge in [0.15, 0.2) is 17.3 Å². The number of hydrogen-bond donors (Lipinski definition) is 1. The van der Waals surface area contributed by atoms with Crippen molar-refractivity contribution < 1.29 is 23.3 Å². The quantitative estimate of drug-likeness (QED) is 0.518. The largest absolute Gasteiger partial charge is 0.478 e. The van der Waals surface area contributed by atoms with Gasteiger partial charge in [0.2, 0.25) is 0 Å². The zero-order valence-corrected chi connectivity index (χ0v) is 11.7. The third-order valence-electron chi connectivity index (χ3n) is 2.59. The summed E-state index contributed by atoms with van der Waals surface area (Å²) in [5, 5.41) is 12.8. The smallest absolute Gasteiger partial charge is 0.433 e. The Morgan fingerprint density at radius 2 is 2.09 bits per heavy atom. The van der Waals surface area contributed by atoms with Crippen LogP contribution in [0.5, 0.6) is 5.75 Å². The summed E-state index contributed by atoms with van der Waals surface area (Å²) < 4.78 is 23.1. The summed E-state index contributed by atoms with van der Waals surface area (Å²) in [6.07, 6.45) is 0. The summed E-state index contributed by atoms with van der Waals surface area (Å²) in [6.45, 7) is -0.0447. The second kappa shape index (κ2) is 7.61. The van der Waals surface area contributed by atoms with E-state index in [1.54, 1.807) is 12.1 Å². The fourth-order valence-electron chi connectivity index (χ4n) is 1.55. The molecular formula is C15H11FN2O5. The molecule has 1 amide bonds. The van der Waals surface area contributed by atoms with Gasteiger partial charge in [-0.05, 0) is 18.2 Å². The summed E-state index contributed by atoms with van der Waals surface area (Å²) in [4.78, 5) is 21.3. The molecule has 0 saturated heterocycles. The number of ether oxygens (including phenoxy) is 1. The highest BCUT2D eigenvalue weighted by Gasteiger charge is 2.16. The molecule has 118 valence electrons. The minimum Gasteiger partial charge on any atom is -0.478 e. The summed E-state index contributed by atoms with van der Waals surface area (Å²) in [5.41, 5.74) is 0. The molecule has 1 N–H and O–H groups in total. The molecule has 23 heavy (non-hydrogen) atoms. The zero-order valence-electron chi connectivity index (χ0n) is 11.7. The van der Waals surface area contributed by atoms with E-state index in [2.05, 4.69) is 17.2 Å². The Bertz CT molecular complexity index is 775. The van der Waals surface area contributed by atoms with E-state index in [0.717, 1.165) is 6.07 Å². The third-order valence-corrected chi connectivity index (χ3v) is 2.59. The molecule has 1 aromatic carbocycles. The molecule has 2 rings (SSSR count). The topological polar surface area (TPSA) is 94.6 Å². The number of carbonyl (C=O) groups is 1. The number of furan rings is 1. The molecular weight excluding hydrogens is 307 g/mol. The molecule has 0 radical (unpaired) electrons. The predicted octanol–water partition coefficient (Wildman–Crippen LogP) is 2.14. The number of halogens is 1. The van der Waals surface area contributed by atoms with Gasteiger partial charge >= 0.3 is 5.88 Å². The van der Waals surface area contributed by atoms with E-state index in [4.69, 9.17) is 9.15 Å². The van der Waals surface area contributed by atoms with E-state index in [-0.39, 0.29) is 24.7 Å². The Morgan fingerprint density at radius 3 is 2.78 bits per heavy atom. The normalized spacial score (nSPS) is 9.61. The van der Waals surface area contributed by atoms with Crippen molar-refractivity contribution in [3.63, 3.8) is 0 Å². The average Bonchev–Trinajstić information content (AvgIpc) is 3.02. The van der Waals surface area contributed by atoms with Crippen molar-refractivity contribution in [1.82, 2.24) is 5.32 Å². The van der Waals surface area contributed by atoms with Crippen LogP contribution in [0.3, 0.4) is 0 Å². The lowest BCUT2D eigenvalue weighted by Gasteiger charge is -2.01. The number of nitrogens with one attached hydrogen (secondary N) is 1. The first kappa shape index (κ1) is 16.0. The Kier molecular flexibility index (Phi) is 5.30. The van der Waals surface area contributed by atoms with Crippen LogP contribution in [0.15, 0.2) is 40.8 Å². The van der Waals surface area contributed by atoms with Crippen molar-refractivity contribution in [2.24, 2.45) is 0 Å². The van der Waals surface area contributed by atoms with Gasteiger partial charge < -0.3 is 14.5 Å². The molecule has 0 aliphatic rings. The monoisotopic (exact) mass is 318 g/mol. The molecule has 1 heterocycles. The highest BCUT2D eigenvalue weighted by atomic mass is 19.1. The lowest BCUT2D eigenvalue weighted by atomic mass is 10.3. The molecule has 0 unspecified atom stereocenters. The van der Waals surface area contributed by atoms with Crippen LogP contribution in [0, 0.1) is 27.8 Å². The maximum Gasteiger partial charge on any atom is 0.433 e. The van der Waals surface area contributed by atoms with Crippen LogP contribution in [0.2, 0.25) is 0 Å². The van der Waals surface area contributed by atoms with Crippen molar-refractivity contribution in [3.05, 3.63) is 58.1 Å². The Morgan fingerprint density at radius 1 is 1.30 bits per heavy atom. The predicted molar refractivity (Wildman–Crippen MR) is 77.4 cm³/mol. The van der Waals surface area contributed by atoms with Gasteiger partial charge in [0.1, 0.15) is 11.5 Å². The molecule has 0 bridgehead atoms. The lowest BCUT2D eigenvalue weighted by Crippen LogP contribution is -2.23. The second-order valence-electron chi connectivity index (χ2n) is 4.15. The minimum absolute atomic E-state index is 0.00599. The summed E-state index contributed by atoms with van der Waals surface area (Å²) in [6, 6.07) is 8.20. The molecule has 0 fully saturated rings. The van der Waals surface area contributed by atoms with Gasteiger partial charge in [0, 0.05) is 0 Å². The number of amides is 1. The lowest BCUT2D eigenvalue weighted by molar-refractivity contribution is -0.402. The van der Waals surface area contributed by atoms with Gasteiger partial charge in [-0.2, -0.15) is 0 Å². The van der Waals surface area contributed by atoms with Crippen molar-refractivity contribution >= 4 is 11.8 Å². The molecule has 8 heteroatoms. The van der Waals surface area contributed by atoms with E-state index in [1.807, 2.05) is 0 Å². The summed E-state index contributed by atoms with van der Waals surface area (Å²) in [5.74, 6) is 3.49. The summed E-state index contributed by atoms with van der Waals surface area (Å²) >= 11 is 0. The fourth-order valence-corrected chi connectivity index (χ4v) is 1.55. The van der Waals surface area contributed by atoms with Gasteiger partial charge in [0.25, 0.3) is 5.91 Å². The fraction of sp³-hybridized carbons (Fsp3) is 0.133. The maximum absolute atomic E-state index is 13.2. The minimum atomic E-state index is -0.739. The van der Waals surface area contributed by atoms with E-state index >= 15 is 0 Å². The number of nitro groups is 1. The van der Waals surface area contributed by atoms with Crippen LogP contribution in [0.4, 0.5) is 10.3 Å². The van der Waals surface area contributed by atoms with Crippen molar-refractivity contribution in [1.29, 1.82) is 0 Å². The van der Waals surface area contributed by atoms with Crippen LogP contribution >= 0.6 is 0 Å². The molecule has 2 aromatic rings. The first-order valence-electron chi connectivity index (χ1n) is 6.43. The number of rotatable bonds is 5. The molecule has 0 aliphatic heterocycles. The van der Waals surface area contributed by atoms with Gasteiger partial charge in [-0.3, -0.25) is 14.9 Å². The van der Waals surface area contributed by atoms with Gasteiger partial charge in [-0.25, -0.2) is 4.39 Å². The molecule has 1 aromatic heterocycles. The highest BCUT2D eigenvalue weighted by molar-refractivity contribution is 5.91. The third kappa shape index (κ3) is 4.57. The standard InChI is InChI=1S/C15H11FN2O5/c16-11-5-1-2-6-12(11)22-10-4-3-9-17-15(19)13-7-8-14(23-13)18(20)21/h1-2,5-8H,9-10H2,(H,17,19). The second-order valence-corrected chi connectivity index (χ2v) is 4.15. The van der Waals surface area contributed by atoms with Gasteiger partial charge in [0.05, 0.1) is 12.6 Å². The van der Waals surface area contributed by atoms with Crippen molar-refractivity contribution in [2.75, 3.05) is 13.2 Å². The van der Waals surface area contributed by atoms with Crippen LogP contribution in [-0.2, 0) is 0 Å². The van der Waals surface area contributed by atoms with Crippen molar-refractivity contribution in [2.45, 2.75) is 0 Å². The van der Waals surface area contributed by atoms with Gasteiger partial charge in [-0.1, -0.05) is 24.0 Å². The first-order valence-corrected chi connectivity index (χ1v) is 6.43. The molecule has 0 aliphatic carbocycles. The van der Waals surface area contributed by atoms with Crippen LogP contribution in [-0.4, -0.2) is 24.0 Å². The number of hydrogen-bond acceptors (Lipinski definition) is 5. The van der Waals surface area contributed by atoms with E-state index in [0.29, 0.717) is 0 Å².